The first-order valence-corrected chi connectivity index (χ1v) is 10.7. The van der Waals surface area contributed by atoms with E-state index in [0.29, 0.717) is 30.4 Å². The lowest BCUT2D eigenvalue weighted by Gasteiger charge is -2.14. The van der Waals surface area contributed by atoms with Gasteiger partial charge in [0.2, 0.25) is 0 Å². The van der Waals surface area contributed by atoms with Crippen LogP contribution in [0.4, 0.5) is 11.4 Å². The van der Waals surface area contributed by atoms with E-state index in [1.54, 1.807) is 24.4 Å². The van der Waals surface area contributed by atoms with E-state index < -0.39 is 4.92 Å². The number of hydrogen-bond donors (Lipinski definition) is 1. The summed E-state index contributed by atoms with van der Waals surface area (Å²) in [6.45, 7) is 0.798. The van der Waals surface area contributed by atoms with Crippen LogP contribution < -0.4 is 14.9 Å². The van der Waals surface area contributed by atoms with Gasteiger partial charge < -0.3 is 9.47 Å². The zero-order valence-electron chi connectivity index (χ0n) is 18.3. The number of anilines is 1. The first kappa shape index (κ1) is 22.5. The highest BCUT2D eigenvalue weighted by molar-refractivity contribution is 5.81. The van der Waals surface area contributed by atoms with Crippen LogP contribution in [0.5, 0.6) is 11.5 Å². The van der Waals surface area contributed by atoms with Crippen molar-refractivity contribution in [3.05, 3.63) is 130 Å². The molecule has 0 aliphatic heterocycles. The Bertz CT molecular complexity index is 1260. The van der Waals surface area contributed by atoms with E-state index in [9.17, 15) is 10.1 Å². The Morgan fingerprint density at radius 1 is 0.765 bits per heavy atom. The number of nitrogens with zero attached hydrogens (tertiary/aromatic N) is 2. The summed E-state index contributed by atoms with van der Waals surface area (Å²) in [7, 11) is 0. The summed E-state index contributed by atoms with van der Waals surface area (Å²) in [5.41, 5.74) is 5.84. The number of nitro groups is 1. The molecule has 7 heteroatoms. The molecule has 0 saturated heterocycles. The first-order valence-electron chi connectivity index (χ1n) is 10.7. The van der Waals surface area contributed by atoms with Crippen LogP contribution in [0, 0.1) is 10.1 Å². The third-order valence-corrected chi connectivity index (χ3v) is 4.94. The molecule has 0 amide bonds. The minimum atomic E-state index is -0.452. The van der Waals surface area contributed by atoms with Gasteiger partial charge in [0, 0.05) is 6.07 Å². The molecule has 0 radical (unpaired) electrons. The zero-order valence-corrected chi connectivity index (χ0v) is 18.3. The number of nitrogens with one attached hydrogen (secondary N) is 1. The molecule has 4 rings (SSSR count). The quantitative estimate of drug-likeness (QED) is 0.176. The number of hydrogen-bond acceptors (Lipinski definition) is 6. The number of benzene rings is 4. The lowest BCUT2D eigenvalue weighted by atomic mass is 10.2. The van der Waals surface area contributed by atoms with E-state index in [2.05, 4.69) is 10.5 Å². The molecule has 34 heavy (non-hydrogen) atoms. The average Bonchev–Trinajstić information content (AvgIpc) is 2.88. The van der Waals surface area contributed by atoms with E-state index in [0.717, 1.165) is 16.7 Å². The molecule has 4 aromatic rings. The molecule has 0 aliphatic rings. The minimum Gasteiger partial charge on any atom is -0.485 e. The van der Waals surface area contributed by atoms with E-state index in [4.69, 9.17) is 9.47 Å². The van der Waals surface area contributed by atoms with Crippen molar-refractivity contribution in [3.8, 4) is 11.5 Å². The molecule has 0 aliphatic carbocycles. The van der Waals surface area contributed by atoms with Gasteiger partial charge in [0.25, 0.3) is 5.69 Å². The fourth-order valence-corrected chi connectivity index (χ4v) is 3.21. The van der Waals surface area contributed by atoms with Crippen molar-refractivity contribution in [2.75, 3.05) is 5.43 Å². The summed E-state index contributed by atoms with van der Waals surface area (Å²) < 4.78 is 12.1. The van der Waals surface area contributed by atoms with Crippen molar-refractivity contribution in [3.63, 3.8) is 0 Å². The SMILES string of the molecule is O=[N+]([O-])c1ccccc1N/N=C/c1ccc(OCc2ccccc2)c(OCc2ccccc2)c1. The fraction of sp³-hybridized carbons (Fsp3) is 0.0741. The van der Waals surface area contributed by atoms with Gasteiger partial charge in [-0.1, -0.05) is 72.8 Å². The molecule has 0 bridgehead atoms. The summed E-state index contributed by atoms with van der Waals surface area (Å²) in [4.78, 5) is 10.7. The third-order valence-electron chi connectivity index (χ3n) is 4.94. The first-order chi connectivity index (χ1) is 16.7. The Balaban J connectivity index is 1.51. The summed E-state index contributed by atoms with van der Waals surface area (Å²) in [6.07, 6.45) is 1.58. The second-order valence-electron chi connectivity index (χ2n) is 7.40. The van der Waals surface area contributed by atoms with Gasteiger partial charge in [-0.3, -0.25) is 15.5 Å². The Morgan fingerprint density at radius 3 is 2.00 bits per heavy atom. The van der Waals surface area contributed by atoms with Crippen LogP contribution in [0.15, 0.2) is 108 Å². The molecule has 7 nitrogen and oxygen atoms in total. The van der Waals surface area contributed by atoms with Crippen LogP contribution in [-0.2, 0) is 13.2 Å². The largest absolute Gasteiger partial charge is 0.485 e. The van der Waals surface area contributed by atoms with Crippen LogP contribution in [0.1, 0.15) is 16.7 Å². The lowest BCUT2D eigenvalue weighted by molar-refractivity contribution is -0.384. The maximum Gasteiger partial charge on any atom is 0.294 e. The van der Waals surface area contributed by atoms with Gasteiger partial charge in [-0.05, 0) is 41.0 Å². The van der Waals surface area contributed by atoms with Crippen molar-refractivity contribution in [2.45, 2.75) is 13.2 Å². The Kier molecular flexibility index (Phi) is 7.48. The smallest absolute Gasteiger partial charge is 0.294 e. The topological polar surface area (TPSA) is 86.0 Å². The highest BCUT2D eigenvalue weighted by Crippen LogP contribution is 2.30. The van der Waals surface area contributed by atoms with E-state index in [1.807, 2.05) is 78.9 Å². The minimum absolute atomic E-state index is 0.0452. The molecule has 0 aromatic heterocycles. The Labute approximate surface area is 197 Å². The maximum atomic E-state index is 11.2. The lowest BCUT2D eigenvalue weighted by Crippen LogP contribution is -2.01. The van der Waals surface area contributed by atoms with Crippen molar-refractivity contribution in [1.82, 2.24) is 0 Å². The molecule has 0 atom stereocenters. The van der Waals surface area contributed by atoms with Gasteiger partial charge in [-0.2, -0.15) is 5.10 Å². The third kappa shape index (κ3) is 6.20. The van der Waals surface area contributed by atoms with Crippen molar-refractivity contribution in [1.29, 1.82) is 0 Å². The molecule has 4 aromatic carbocycles. The van der Waals surface area contributed by atoms with Gasteiger partial charge in [-0.25, -0.2) is 0 Å². The number of hydrazone groups is 1. The van der Waals surface area contributed by atoms with E-state index in [-0.39, 0.29) is 5.69 Å². The second-order valence-corrected chi connectivity index (χ2v) is 7.40. The molecule has 0 heterocycles. The van der Waals surface area contributed by atoms with Gasteiger partial charge in [-0.15, -0.1) is 0 Å². The normalized spacial score (nSPS) is 10.7. The summed E-state index contributed by atoms with van der Waals surface area (Å²) in [5.74, 6) is 1.19. The molecule has 0 spiro atoms. The Hall–Kier alpha value is -4.65. The number of ether oxygens (including phenoxy) is 2. The maximum absolute atomic E-state index is 11.2. The molecular formula is C27H23N3O4. The van der Waals surface area contributed by atoms with Crippen molar-refractivity contribution in [2.24, 2.45) is 5.10 Å². The zero-order chi connectivity index (χ0) is 23.6. The predicted octanol–water partition coefficient (Wildman–Crippen LogP) is 6.20. The average molecular weight is 453 g/mol. The van der Waals surface area contributed by atoms with Crippen LogP contribution in [-0.4, -0.2) is 11.1 Å². The van der Waals surface area contributed by atoms with E-state index in [1.165, 1.54) is 6.07 Å². The van der Waals surface area contributed by atoms with Crippen molar-refractivity contribution >= 4 is 17.6 Å². The molecular weight excluding hydrogens is 430 g/mol. The standard InChI is InChI=1S/C27H23N3O4/c31-30(32)25-14-8-7-13-24(25)29-28-18-23-15-16-26(33-19-21-9-3-1-4-10-21)27(17-23)34-20-22-11-5-2-6-12-22/h1-18,29H,19-20H2/b28-18+. The summed E-state index contributed by atoms with van der Waals surface area (Å²) >= 11 is 0. The number of nitro benzene ring substituents is 1. The van der Waals surface area contributed by atoms with Gasteiger partial charge >= 0.3 is 0 Å². The number of rotatable bonds is 10. The van der Waals surface area contributed by atoms with Crippen LogP contribution in [0.2, 0.25) is 0 Å². The van der Waals surface area contributed by atoms with Crippen LogP contribution in [0.3, 0.4) is 0 Å². The number of para-hydroxylation sites is 2. The fourth-order valence-electron chi connectivity index (χ4n) is 3.21. The van der Waals surface area contributed by atoms with Gasteiger partial charge in [0.05, 0.1) is 11.1 Å². The predicted molar refractivity (Wildman–Crippen MR) is 132 cm³/mol. The summed E-state index contributed by atoms with van der Waals surface area (Å²) in [5, 5.41) is 15.3. The van der Waals surface area contributed by atoms with Gasteiger partial charge in [0.1, 0.15) is 18.9 Å². The van der Waals surface area contributed by atoms with Crippen LogP contribution >= 0.6 is 0 Å². The highest BCUT2D eigenvalue weighted by Gasteiger charge is 2.11. The molecule has 0 saturated carbocycles. The monoisotopic (exact) mass is 453 g/mol. The molecule has 1 N–H and O–H groups in total. The molecule has 170 valence electrons. The molecule has 0 unspecified atom stereocenters. The van der Waals surface area contributed by atoms with Crippen molar-refractivity contribution < 1.29 is 14.4 Å². The summed E-state index contributed by atoms with van der Waals surface area (Å²) in [6, 6.07) is 31.6. The van der Waals surface area contributed by atoms with Crippen LogP contribution in [0.25, 0.3) is 0 Å². The van der Waals surface area contributed by atoms with E-state index >= 15 is 0 Å². The second kappa shape index (κ2) is 11.3. The highest BCUT2D eigenvalue weighted by atomic mass is 16.6. The molecule has 0 fully saturated rings. The Morgan fingerprint density at radius 2 is 1.35 bits per heavy atom. The van der Waals surface area contributed by atoms with Gasteiger partial charge in [0.15, 0.2) is 11.5 Å².